The molecular formula is C25H22F2N6O3. The minimum Gasteiger partial charge on any atom is -0.490 e. The number of anilines is 2. The Morgan fingerprint density at radius 1 is 1.22 bits per heavy atom. The zero-order chi connectivity index (χ0) is 25.4. The molecule has 0 saturated heterocycles. The third-order valence-electron chi connectivity index (χ3n) is 5.99. The number of hydrogen-bond acceptors (Lipinski definition) is 6. The van der Waals surface area contributed by atoms with E-state index in [1.165, 1.54) is 6.08 Å². The van der Waals surface area contributed by atoms with Crippen LogP contribution in [0.15, 0.2) is 66.0 Å². The number of alkyl halides is 2. The first kappa shape index (κ1) is 23.2. The van der Waals surface area contributed by atoms with Gasteiger partial charge in [0.25, 0.3) is 11.5 Å². The van der Waals surface area contributed by atoms with E-state index in [4.69, 9.17) is 10.5 Å². The molecule has 2 aromatic carbocycles. The van der Waals surface area contributed by atoms with Crippen LogP contribution < -0.4 is 21.3 Å². The van der Waals surface area contributed by atoms with Gasteiger partial charge in [0, 0.05) is 24.1 Å². The van der Waals surface area contributed by atoms with E-state index in [9.17, 15) is 18.4 Å². The Bertz CT molecular complexity index is 1510. The smallest absolute Gasteiger partial charge is 0.292 e. The van der Waals surface area contributed by atoms with E-state index >= 15 is 0 Å². The Hall–Kier alpha value is -4.54. The van der Waals surface area contributed by atoms with Gasteiger partial charge in [0.1, 0.15) is 11.9 Å². The fourth-order valence-electron chi connectivity index (χ4n) is 4.27. The highest BCUT2D eigenvalue weighted by Crippen LogP contribution is 2.38. The number of carbonyl (C=O) groups excluding carboxylic acids is 1. The SMILES string of the molecule is C=CC(=O)Nc1ccc(-n2nc3c(=O)[nH]nc(N)c3c2-c2ccc(OC3CCC(F)(F)C3)cc2)cc1. The van der Waals surface area contributed by atoms with Crippen molar-refractivity contribution in [2.24, 2.45) is 0 Å². The van der Waals surface area contributed by atoms with Crippen LogP contribution >= 0.6 is 0 Å². The van der Waals surface area contributed by atoms with Crippen molar-refractivity contribution >= 4 is 28.3 Å². The molecule has 2 heterocycles. The highest BCUT2D eigenvalue weighted by atomic mass is 19.3. The number of nitrogens with two attached hydrogens (primary N) is 1. The Morgan fingerprint density at radius 2 is 1.94 bits per heavy atom. The number of amides is 1. The number of hydrogen-bond donors (Lipinski definition) is 3. The zero-order valence-electron chi connectivity index (χ0n) is 19.0. The Kier molecular flexibility index (Phi) is 5.75. The maximum Gasteiger partial charge on any atom is 0.292 e. The predicted molar refractivity (Wildman–Crippen MR) is 131 cm³/mol. The second kappa shape index (κ2) is 8.91. The van der Waals surface area contributed by atoms with Crippen LogP contribution in [0.3, 0.4) is 0 Å². The Morgan fingerprint density at radius 3 is 2.58 bits per heavy atom. The average molecular weight is 492 g/mol. The van der Waals surface area contributed by atoms with Crippen molar-refractivity contribution in [1.29, 1.82) is 0 Å². The van der Waals surface area contributed by atoms with E-state index in [0.717, 1.165) is 0 Å². The topological polar surface area (TPSA) is 128 Å². The summed E-state index contributed by atoms with van der Waals surface area (Å²) in [7, 11) is 0. The summed E-state index contributed by atoms with van der Waals surface area (Å²) in [5.74, 6) is -2.49. The van der Waals surface area contributed by atoms with Gasteiger partial charge in [-0.05, 0) is 61.0 Å². The molecule has 2 aromatic heterocycles. The van der Waals surface area contributed by atoms with Gasteiger partial charge in [-0.25, -0.2) is 18.6 Å². The first-order valence-corrected chi connectivity index (χ1v) is 11.2. The number of nitrogens with one attached hydrogen (secondary N) is 2. The molecule has 1 amide bonds. The lowest BCUT2D eigenvalue weighted by atomic mass is 10.1. The molecule has 1 atom stereocenters. The summed E-state index contributed by atoms with van der Waals surface area (Å²) in [6.07, 6.45) is 0.425. The van der Waals surface area contributed by atoms with Crippen LogP contribution in [0.25, 0.3) is 27.8 Å². The first-order chi connectivity index (χ1) is 17.2. The maximum atomic E-state index is 13.5. The molecule has 4 aromatic rings. The molecule has 11 heteroatoms. The van der Waals surface area contributed by atoms with Gasteiger partial charge in [-0.3, -0.25) is 9.59 Å². The van der Waals surface area contributed by atoms with Crippen molar-refractivity contribution in [2.45, 2.75) is 31.3 Å². The minimum absolute atomic E-state index is 0.0919. The van der Waals surface area contributed by atoms with Crippen molar-refractivity contribution in [3.05, 3.63) is 71.5 Å². The number of nitrogens with zero attached hydrogens (tertiary/aromatic N) is 3. The number of carbonyl (C=O) groups is 1. The summed E-state index contributed by atoms with van der Waals surface area (Å²) in [5.41, 5.74) is 8.06. The summed E-state index contributed by atoms with van der Waals surface area (Å²) in [6, 6.07) is 13.7. The van der Waals surface area contributed by atoms with E-state index in [-0.39, 0.29) is 30.1 Å². The summed E-state index contributed by atoms with van der Waals surface area (Å²) >= 11 is 0. The van der Waals surface area contributed by atoms with Crippen LogP contribution in [-0.2, 0) is 4.79 Å². The number of halogens is 2. The Balaban J connectivity index is 1.54. The number of rotatable bonds is 6. The molecule has 5 rings (SSSR count). The predicted octanol–water partition coefficient (Wildman–Crippen LogP) is 4.05. The van der Waals surface area contributed by atoms with E-state index in [1.54, 1.807) is 53.2 Å². The molecule has 0 spiro atoms. The number of H-pyrrole nitrogens is 1. The molecule has 0 bridgehead atoms. The van der Waals surface area contributed by atoms with E-state index in [2.05, 4.69) is 27.2 Å². The zero-order valence-corrected chi connectivity index (χ0v) is 19.0. The molecule has 0 aliphatic heterocycles. The number of fused-ring (bicyclic) bond motifs is 1. The quantitative estimate of drug-likeness (QED) is 0.349. The van der Waals surface area contributed by atoms with Gasteiger partial charge >= 0.3 is 0 Å². The molecule has 1 aliphatic rings. The van der Waals surface area contributed by atoms with Crippen molar-refractivity contribution in [3.63, 3.8) is 0 Å². The highest BCUT2D eigenvalue weighted by Gasteiger charge is 2.40. The molecule has 1 saturated carbocycles. The molecular weight excluding hydrogens is 470 g/mol. The van der Waals surface area contributed by atoms with Gasteiger partial charge in [-0.15, -0.1) is 0 Å². The average Bonchev–Trinajstić information content (AvgIpc) is 3.43. The molecule has 9 nitrogen and oxygen atoms in total. The third-order valence-corrected chi connectivity index (χ3v) is 5.99. The first-order valence-electron chi connectivity index (χ1n) is 11.2. The molecule has 36 heavy (non-hydrogen) atoms. The van der Waals surface area contributed by atoms with Crippen LogP contribution in [0.2, 0.25) is 0 Å². The molecule has 1 aliphatic carbocycles. The summed E-state index contributed by atoms with van der Waals surface area (Å²) in [5, 5.41) is 13.7. The molecule has 184 valence electrons. The number of aromatic nitrogens is 4. The summed E-state index contributed by atoms with van der Waals surface area (Å²) < 4.78 is 34.3. The third kappa shape index (κ3) is 4.42. The van der Waals surface area contributed by atoms with Gasteiger partial charge in [0.2, 0.25) is 5.91 Å². The fraction of sp³-hybridized carbons (Fsp3) is 0.200. The highest BCUT2D eigenvalue weighted by molar-refractivity contribution is 6.00. The van der Waals surface area contributed by atoms with Gasteiger partial charge < -0.3 is 15.8 Å². The number of aromatic amines is 1. The van der Waals surface area contributed by atoms with Gasteiger partial charge in [-0.2, -0.15) is 10.2 Å². The van der Waals surface area contributed by atoms with Gasteiger partial charge in [-0.1, -0.05) is 6.58 Å². The van der Waals surface area contributed by atoms with Gasteiger partial charge in [0.05, 0.1) is 16.8 Å². The number of ether oxygens (including phenoxy) is 1. The summed E-state index contributed by atoms with van der Waals surface area (Å²) in [4.78, 5) is 24.1. The van der Waals surface area contributed by atoms with E-state index < -0.39 is 17.6 Å². The van der Waals surface area contributed by atoms with Crippen LogP contribution in [0.5, 0.6) is 5.75 Å². The second-order valence-electron chi connectivity index (χ2n) is 8.53. The van der Waals surface area contributed by atoms with Crippen LogP contribution in [0.4, 0.5) is 20.3 Å². The molecule has 1 fully saturated rings. The summed E-state index contributed by atoms with van der Waals surface area (Å²) in [6.45, 7) is 3.43. The van der Waals surface area contributed by atoms with Crippen molar-refractivity contribution in [2.75, 3.05) is 11.1 Å². The molecule has 4 N–H and O–H groups in total. The van der Waals surface area contributed by atoms with Crippen LogP contribution in [0.1, 0.15) is 19.3 Å². The van der Waals surface area contributed by atoms with Crippen LogP contribution in [0, 0.1) is 0 Å². The lowest BCUT2D eigenvalue weighted by molar-refractivity contribution is -0.111. The molecule has 1 unspecified atom stereocenters. The van der Waals surface area contributed by atoms with E-state index in [0.29, 0.717) is 40.2 Å². The van der Waals surface area contributed by atoms with Crippen molar-refractivity contribution in [3.8, 4) is 22.7 Å². The Labute approximate surface area is 203 Å². The van der Waals surface area contributed by atoms with E-state index in [1.807, 2.05) is 0 Å². The monoisotopic (exact) mass is 492 g/mol. The van der Waals surface area contributed by atoms with Crippen molar-refractivity contribution in [1.82, 2.24) is 20.0 Å². The fourth-order valence-corrected chi connectivity index (χ4v) is 4.27. The lowest BCUT2D eigenvalue weighted by Crippen LogP contribution is -2.16. The normalized spacial score (nSPS) is 16.7. The maximum absolute atomic E-state index is 13.5. The van der Waals surface area contributed by atoms with Gasteiger partial charge in [0.15, 0.2) is 11.3 Å². The van der Waals surface area contributed by atoms with Crippen LogP contribution in [-0.4, -0.2) is 37.9 Å². The standard InChI is InChI=1S/C25H22F2N6O3/c1-2-19(34)29-15-5-7-16(8-6-15)33-22(20-21(32-33)24(35)31-30-23(20)28)14-3-9-17(10-4-14)36-18-11-12-25(26,27)13-18/h2-10,18H,1,11-13H2,(H2,28,30)(H,29,34)(H,31,35). The lowest BCUT2D eigenvalue weighted by Gasteiger charge is -2.15. The second-order valence-corrected chi connectivity index (χ2v) is 8.53. The largest absolute Gasteiger partial charge is 0.490 e. The number of nitrogen functional groups attached to an aromatic ring is 1. The van der Waals surface area contributed by atoms with Crippen molar-refractivity contribution < 1.29 is 18.3 Å². The minimum atomic E-state index is -2.70. The number of benzene rings is 2. The molecule has 0 radical (unpaired) electrons.